The van der Waals surface area contributed by atoms with E-state index in [1.54, 1.807) is 30.2 Å². The molecule has 1 aromatic rings. The lowest BCUT2D eigenvalue weighted by Crippen LogP contribution is -2.24. The fourth-order valence-corrected chi connectivity index (χ4v) is 1.94. The summed E-state index contributed by atoms with van der Waals surface area (Å²) in [7, 11) is 0. The van der Waals surface area contributed by atoms with Gasteiger partial charge in [0, 0.05) is 24.8 Å². The molecule has 1 aliphatic rings. The second kappa shape index (κ2) is 4.37. The maximum absolute atomic E-state index is 9.61. The predicted molar refractivity (Wildman–Crippen MR) is 59.1 cm³/mol. The standard InChI is InChI=1S/C11H16N2O3/c1-7(14)8-3-2-4-12-11(8)13-5-9(15)10(16)6-13/h2-4,7,9-10,14-16H,5-6H2,1H3/t7-,9?,10?/m1/s1. The summed E-state index contributed by atoms with van der Waals surface area (Å²) < 4.78 is 0. The van der Waals surface area contributed by atoms with Gasteiger partial charge in [-0.25, -0.2) is 4.98 Å². The summed E-state index contributed by atoms with van der Waals surface area (Å²) in [4.78, 5) is 5.98. The maximum atomic E-state index is 9.61. The first kappa shape index (κ1) is 11.3. The summed E-state index contributed by atoms with van der Waals surface area (Å²) in [5.41, 5.74) is 0.712. The first-order chi connectivity index (χ1) is 7.59. The van der Waals surface area contributed by atoms with Crippen LogP contribution in [0.4, 0.5) is 5.82 Å². The second-order valence-electron chi connectivity index (χ2n) is 4.13. The molecule has 0 aliphatic carbocycles. The van der Waals surface area contributed by atoms with Crippen molar-refractivity contribution in [2.45, 2.75) is 25.2 Å². The Bertz CT molecular complexity index is 360. The Morgan fingerprint density at radius 3 is 2.56 bits per heavy atom. The predicted octanol–water partition coefficient (Wildman–Crippen LogP) is -0.323. The minimum absolute atomic E-state index is 0.345. The van der Waals surface area contributed by atoms with Crippen LogP contribution in [0.25, 0.3) is 0 Å². The van der Waals surface area contributed by atoms with Crippen LogP contribution in [0.1, 0.15) is 18.6 Å². The number of hydrogen-bond donors (Lipinski definition) is 3. The number of aromatic nitrogens is 1. The van der Waals surface area contributed by atoms with E-state index < -0.39 is 18.3 Å². The van der Waals surface area contributed by atoms with Gasteiger partial charge in [-0.15, -0.1) is 0 Å². The van der Waals surface area contributed by atoms with Gasteiger partial charge in [-0.05, 0) is 13.0 Å². The maximum Gasteiger partial charge on any atom is 0.134 e. The highest BCUT2D eigenvalue weighted by Gasteiger charge is 2.31. The Labute approximate surface area is 94.0 Å². The molecule has 1 aromatic heterocycles. The average molecular weight is 224 g/mol. The Morgan fingerprint density at radius 2 is 2.00 bits per heavy atom. The largest absolute Gasteiger partial charge is 0.389 e. The highest BCUT2D eigenvalue weighted by molar-refractivity contribution is 5.49. The summed E-state index contributed by atoms with van der Waals surface area (Å²) in [6.45, 7) is 2.36. The zero-order valence-electron chi connectivity index (χ0n) is 9.11. The van der Waals surface area contributed by atoms with Crippen LogP contribution in [0.15, 0.2) is 18.3 Å². The van der Waals surface area contributed by atoms with Gasteiger partial charge in [0.15, 0.2) is 0 Å². The van der Waals surface area contributed by atoms with Crippen LogP contribution in [0.2, 0.25) is 0 Å². The molecule has 16 heavy (non-hydrogen) atoms. The molecule has 2 unspecified atom stereocenters. The molecule has 5 nitrogen and oxygen atoms in total. The zero-order valence-corrected chi connectivity index (χ0v) is 9.11. The Hall–Kier alpha value is -1.17. The Kier molecular flexibility index (Phi) is 3.09. The van der Waals surface area contributed by atoms with Gasteiger partial charge >= 0.3 is 0 Å². The van der Waals surface area contributed by atoms with Crippen molar-refractivity contribution in [3.8, 4) is 0 Å². The molecule has 88 valence electrons. The van der Waals surface area contributed by atoms with Crippen molar-refractivity contribution in [2.24, 2.45) is 0 Å². The minimum atomic E-state index is -0.746. The third-order valence-electron chi connectivity index (χ3n) is 2.83. The highest BCUT2D eigenvalue weighted by atomic mass is 16.3. The van der Waals surface area contributed by atoms with E-state index in [1.807, 2.05) is 0 Å². The van der Waals surface area contributed by atoms with Crippen LogP contribution in [-0.4, -0.2) is 45.6 Å². The van der Waals surface area contributed by atoms with Gasteiger partial charge in [0.25, 0.3) is 0 Å². The molecule has 3 atom stereocenters. The van der Waals surface area contributed by atoms with E-state index >= 15 is 0 Å². The molecule has 1 fully saturated rings. The van der Waals surface area contributed by atoms with E-state index in [2.05, 4.69) is 4.98 Å². The summed E-state index contributed by atoms with van der Waals surface area (Å²) in [6, 6.07) is 3.55. The van der Waals surface area contributed by atoms with Crippen molar-refractivity contribution in [1.29, 1.82) is 0 Å². The number of pyridine rings is 1. The Morgan fingerprint density at radius 1 is 1.38 bits per heavy atom. The molecule has 2 heterocycles. The van der Waals surface area contributed by atoms with E-state index in [-0.39, 0.29) is 0 Å². The van der Waals surface area contributed by atoms with Crippen LogP contribution < -0.4 is 4.90 Å². The van der Waals surface area contributed by atoms with E-state index in [9.17, 15) is 15.3 Å². The molecule has 0 bridgehead atoms. The molecule has 1 aliphatic heterocycles. The number of rotatable bonds is 2. The summed E-state index contributed by atoms with van der Waals surface area (Å²) in [5, 5.41) is 28.6. The van der Waals surface area contributed by atoms with Crippen LogP contribution in [-0.2, 0) is 0 Å². The van der Waals surface area contributed by atoms with Gasteiger partial charge in [-0.2, -0.15) is 0 Å². The summed E-state index contributed by atoms with van der Waals surface area (Å²) >= 11 is 0. The number of nitrogens with zero attached hydrogens (tertiary/aromatic N) is 2. The van der Waals surface area contributed by atoms with Crippen molar-refractivity contribution in [3.05, 3.63) is 23.9 Å². The molecule has 0 spiro atoms. The van der Waals surface area contributed by atoms with E-state index in [0.29, 0.717) is 24.5 Å². The third-order valence-corrected chi connectivity index (χ3v) is 2.83. The molecule has 0 saturated carbocycles. The lowest BCUT2D eigenvalue weighted by molar-refractivity contribution is 0.0572. The first-order valence-corrected chi connectivity index (χ1v) is 5.33. The lowest BCUT2D eigenvalue weighted by atomic mass is 10.1. The van der Waals surface area contributed by atoms with E-state index in [4.69, 9.17) is 0 Å². The molecule has 1 saturated heterocycles. The topological polar surface area (TPSA) is 76.8 Å². The van der Waals surface area contributed by atoms with Gasteiger partial charge < -0.3 is 20.2 Å². The minimum Gasteiger partial charge on any atom is -0.389 e. The molecule has 5 heteroatoms. The highest BCUT2D eigenvalue weighted by Crippen LogP contribution is 2.26. The number of anilines is 1. The quantitative estimate of drug-likeness (QED) is 0.641. The Balaban J connectivity index is 2.27. The number of β-amino-alcohol motifs (C(OH)–C–C–N with tert-alkyl or cyclic N) is 2. The van der Waals surface area contributed by atoms with Crippen molar-refractivity contribution < 1.29 is 15.3 Å². The normalized spacial score (nSPS) is 27.1. The molecule has 2 rings (SSSR count). The third kappa shape index (κ3) is 2.02. The SMILES string of the molecule is C[C@@H](O)c1cccnc1N1CC(O)C(O)C1. The van der Waals surface area contributed by atoms with Crippen LogP contribution in [0.5, 0.6) is 0 Å². The number of hydrogen-bond acceptors (Lipinski definition) is 5. The van der Waals surface area contributed by atoms with Gasteiger partial charge in [-0.1, -0.05) is 6.07 Å². The van der Waals surface area contributed by atoms with Crippen molar-refractivity contribution in [2.75, 3.05) is 18.0 Å². The van der Waals surface area contributed by atoms with Crippen LogP contribution in [0, 0.1) is 0 Å². The summed E-state index contributed by atoms with van der Waals surface area (Å²) in [6.07, 6.45) is -0.468. The first-order valence-electron chi connectivity index (χ1n) is 5.33. The molecule has 3 N–H and O–H groups in total. The smallest absolute Gasteiger partial charge is 0.134 e. The molecule has 0 radical (unpaired) electrons. The van der Waals surface area contributed by atoms with Gasteiger partial charge in [0.1, 0.15) is 5.82 Å². The van der Waals surface area contributed by atoms with Gasteiger partial charge in [-0.3, -0.25) is 0 Å². The summed E-state index contributed by atoms with van der Waals surface area (Å²) in [5.74, 6) is 0.633. The van der Waals surface area contributed by atoms with Gasteiger partial charge in [0.05, 0.1) is 18.3 Å². The molecular weight excluding hydrogens is 208 g/mol. The second-order valence-corrected chi connectivity index (χ2v) is 4.13. The van der Waals surface area contributed by atoms with E-state index in [1.165, 1.54) is 0 Å². The van der Waals surface area contributed by atoms with Gasteiger partial charge in [0.2, 0.25) is 0 Å². The van der Waals surface area contributed by atoms with Crippen LogP contribution >= 0.6 is 0 Å². The molecule has 0 amide bonds. The molecule has 0 aromatic carbocycles. The molecular formula is C11H16N2O3. The average Bonchev–Trinajstić information content (AvgIpc) is 2.59. The number of aliphatic hydroxyl groups is 3. The van der Waals surface area contributed by atoms with Crippen molar-refractivity contribution in [1.82, 2.24) is 4.98 Å². The number of aliphatic hydroxyl groups excluding tert-OH is 3. The zero-order chi connectivity index (χ0) is 11.7. The van der Waals surface area contributed by atoms with Crippen LogP contribution in [0.3, 0.4) is 0 Å². The van der Waals surface area contributed by atoms with E-state index in [0.717, 1.165) is 0 Å². The fraction of sp³-hybridized carbons (Fsp3) is 0.545. The van der Waals surface area contributed by atoms with Crippen molar-refractivity contribution in [3.63, 3.8) is 0 Å². The monoisotopic (exact) mass is 224 g/mol. The lowest BCUT2D eigenvalue weighted by Gasteiger charge is -2.20. The fourth-order valence-electron chi connectivity index (χ4n) is 1.94. The van der Waals surface area contributed by atoms with Crippen molar-refractivity contribution >= 4 is 5.82 Å².